The molecular weight excluding hydrogens is 434 g/mol. The van der Waals surface area contributed by atoms with Gasteiger partial charge in [0.1, 0.15) is 11.4 Å². The Balaban J connectivity index is 0.00000342. The zero-order valence-electron chi connectivity index (χ0n) is 19.8. The minimum Gasteiger partial charge on any atom is -0.464 e. The lowest BCUT2D eigenvalue weighted by atomic mass is 9.95. The smallest absolute Gasteiger partial charge is 0.410 e. The summed E-state index contributed by atoms with van der Waals surface area (Å²) in [5, 5.41) is 14.5. The normalized spacial score (nSPS) is 18.9. The topological polar surface area (TPSA) is 123 Å². The van der Waals surface area contributed by atoms with Crippen molar-refractivity contribution in [2.75, 3.05) is 13.1 Å². The number of hydrogen-bond acceptors (Lipinski definition) is 6. The zero-order valence-corrected chi connectivity index (χ0v) is 19.8. The van der Waals surface area contributed by atoms with Crippen molar-refractivity contribution in [3.05, 3.63) is 53.6 Å². The van der Waals surface area contributed by atoms with E-state index in [1.54, 1.807) is 4.90 Å². The summed E-state index contributed by atoms with van der Waals surface area (Å²) in [6.07, 6.45) is 1.04. The van der Waals surface area contributed by atoms with Gasteiger partial charge in [-0.3, -0.25) is 5.41 Å². The minimum atomic E-state index is -0.492. The molecule has 0 radical (unpaired) electrons. The van der Waals surface area contributed by atoms with Crippen LogP contribution in [-0.2, 0) is 16.1 Å². The standard InChI is InChI=1S/C25H31N5O4.H2/c1-25(2,3)34-24(31)30-12-10-18(11-13-30)23-32-15-20-14-19(8-9-21(20)33-23)16-4-6-17(7-5-16)22(26)28-29-27;/h4-9,14,18,23H,10-13,15H2,1-3H3,(H3,26,27,28);1H. The summed E-state index contributed by atoms with van der Waals surface area (Å²) < 4.78 is 17.7. The zero-order chi connectivity index (χ0) is 24.3. The predicted octanol–water partition coefficient (Wildman–Crippen LogP) is 5.13. The molecule has 182 valence electrons. The first-order valence-corrected chi connectivity index (χ1v) is 11.4. The predicted molar refractivity (Wildman–Crippen MR) is 130 cm³/mol. The van der Waals surface area contributed by atoms with Gasteiger partial charge in [0.15, 0.2) is 5.84 Å². The Labute approximate surface area is 200 Å². The van der Waals surface area contributed by atoms with Crippen molar-refractivity contribution in [3.63, 3.8) is 0 Å². The molecule has 0 aromatic heterocycles. The molecule has 0 spiro atoms. The lowest BCUT2D eigenvalue weighted by molar-refractivity contribution is -0.149. The number of nitrogens with zero attached hydrogens (tertiary/aromatic N) is 3. The number of likely N-dealkylation sites (tertiary alicyclic amines) is 1. The lowest BCUT2D eigenvalue weighted by Crippen LogP contribution is -2.45. The maximum Gasteiger partial charge on any atom is 0.410 e. The summed E-state index contributed by atoms with van der Waals surface area (Å²) in [4.78, 5) is 14.1. The van der Waals surface area contributed by atoms with E-state index in [-0.39, 0.29) is 25.6 Å². The molecule has 1 atom stereocenters. The number of ether oxygens (including phenoxy) is 3. The maximum atomic E-state index is 12.3. The number of benzene rings is 2. The number of nitrogens with one attached hydrogen (secondary N) is 1. The van der Waals surface area contributed by atoms with Crippen LogP contribution in [0.15, 0.2) is 52.8 Å². The molecule has 4 rings (SSSR count). The fraction of sp³-hybridized carbons (Fsp3) is 0.440. The minimum absolute atomic E-state index is 0. The molecule has 1 saturated heterocycles. The van der Waals surface area contributed by atoms with Gasteiger partial charge in [-0.25, -0.2) is 4.79 Å². The number of nitrogens with two attached hydrogens (primary N) is 1. The van der Waals surface area contributed by atoms with Crippen molar-refractivity contribution in [1.82, 2.24) is 4.90 Å². The Kier molecular flexibility index (Phi) is 6.83. The van der Waals surface area contributed by atoms with Crippen LogP contribution in [0.1, 0.15) is 46.2 Å². The van der Waals surface area contributed by atoms with Crippen LogP contribution in [0.25, 0.3) is 11.1 Å². The van der Waals surface area contributed by atoms with Gasteiger partial charge in [0.2, 0.25) is 6.29 Å². The second kappa shape index (κ2) is 9.80. The van der Waals surface area contributed by atoms with E-state index < -0.39 is 5.60 Å². The van der Waals surface area contributed by atoms with Crippen molar-refractivity contribution in [3.8, 4) is 16.9 Å². The number of fused-ring (bicyclic) bond motifs is 1. The van der Waals surface area contributed by atoms with Crippen LogP contribution in [0.5, 0.6) is 5.75 Å². The molecule has 1 unspecified atom stereocenters. The van der Waals surface area contributed by atoms with Crippen molar-refractivity contribution in [1.29, 1.82) is 5.41 Å². The Morgan fingerprint density at radius 3 is 2.47 bits per heavy atom. The number of piperidine rings is 1. The molecule has 0 bridgehead atoms. The van der Waals surface area contributed by atoms with Gasteiger partial charge in [0.25, 0.3) is 0 Å². The number of amides is 1. The van der Waals surface area contributed by atoms with E-state index in [0.717, 1.165) is 35.3 Å². The number of carbonyl (C=O) groups excluding carboxylic acids is 1. The largest absolute Gasteiger partial charge is 0.464 e. The highest BCUT2D eigenvalue weighted by molar-refractivity contribution is 5.97. The van der Waals surface area contributed by atoms with Crippen LogP contribution in [0, 0.1) is 11.3 Å². The van der Waals surface area contributed by atoms with Gasteiger partial charge in [0, 0.05) is 31.6 Å². The van der Waals surface area contributed by atoms with E-state index in [9.17, 15) is 4.79 Å². The van der Waals surface area contributed by atoms with Gasteiger partial charge in [-0.15, -0.1) is 5.11 Å². The monoisotopic (exact) mass is 467 g/mol. The summed E-state index contributed by atoms with van der Waals surface area (Å²) in [5.74, 6) is 6.09. The van der Waals surface area contributed by atoms with Gasteiger partial charge in [-0.05, 0) is 56.9 Å². The van der Waals surface area contributed by atoms with E-state index in [1.165, 1.54) is 0 Å². The third-order valence-corrected chi connectivity index (χ3v) is 5.93. The van der Waals surface area contributed by atoms with E-state index in [0.29, 0.717) is 25.3 Å². The van der Waals surface area contributed by atoms with Crippen LogP contribution in [-0.4, -0.2) is 41.8 Å². The first-order valence-electron chi connectivity index (χ1n) is 11.4. The fourth-order valence-electron chi connectivity index (χ4n) is 4.17. The molecule has 1 amide bonds. The summed E-state index contributed by atoms with van der Waals surface area (Å²) >= 11 is 0. The highest BCUT2D eigenvalue weighted by atomic mass is 16.7. The molecule has 2 aliphatic rings. The first-order chi connectivity index (χ1) is 16.2. The van der Waals surface area contributed by atoms with Crippen LogP contribution < -0.4 is 10.6 Å². The number of amidine groups is 1. The third kappa shape index (κ3) is 5.53. The van der Waals surface area contributed by atoms with E-state index in [2.05, 4.69) is 16.4 Å². The Morgan fingerprint density at radius 1 is 1.15 bits per heavy atom. The fourth-order valence-corrected chi connectivity index (χ4v) is 4.17. The van der Waals surface area contributed by atoms with Crippen LogP contribution >= 0.6 is 0 Å². The van der Waals surface area contributed by atoms with E-state index in [4.69, 9.17) is 25.5 Å². The van der Waals surface area contributed by atoms with Crippen molar-refractivity contribution in [2.45, 2.75) is 52.1 Å². The molecule has 34 heavy (non-hydrogen) atoms. The third-order valence-electron chi connectivity index (χ3n) is 5.93. The first kappa shape index (κ1) is 23.7. The summed E-state index contributed by atoms with van der Waals surface area (Å²) in [6, 6.07) is 13.6. The number of carbonyl (C=O) groups is 1. The van der Waals surface area contributed by atoms with Gasteiger partial charge in [0.05, 0.1) is 6.61 Å². The molecular formula is C25H33N5O4. The van der Waals surface area contributed by atoms with Gasteiger partial charge >= 0.3 is 6.09 Å². The summed E-state index contributed by atoms with van der Waals surface area (Å²) in [5.41, 5.74) is 3.19. The Bertz CT molecular complexity index is 1080. The maximum absolute atomic E-state index is 12.3. The van der Waals surface area contributed by atoms with E-state index >= 15 is 0 Å². The Hall–Kier alpha value is -3.46. The molecule has 0 saturated carbocycles. The van der Waals surface area contributed by atoms with Crippen molar-refractivity contribution in [2.24, 2.45) is 22.1 Å². The highest BCUT2D eigenvalue weighted by Gasteiger charge is 2.34. The molecule has 2 heterocycles. The lowest BCUT2D eigenvalue weighted by Gasteiger charge is -2.38. The number of hydrogen-bond donors (Lipinski definition) is 2. The second-order valence-corrected chi connectivity index (χ2v) is 9.57. The van der Waals surface area contributed by atoms with Gasteiger partial charge in [-0.2, -0.15) is 0 Å². The van der Waals surface area contributed by atoms with Crippen LogP contribution in [0.2, 0.25) is 0 Å². The average Bonchev–Trinajstić information content (AvgIpc) is 2.83. The van der Waals surface area contributed by atoms with Crippen LogP contribution in [0.3, 0.4) is 0 Å². The molecule has 9 heteroatoms. The molecule has 9 nitrogen and oxygen atoms in total. The summed E-state index contributed by atoms with van der Waals surface area (Å²) in [6.45, 7) is 7.37. The second-order valence-electron chi connectivity index (χ2n) is 9.57. The van der Waals surface area contributed by atoms with Gasteiger partial charge < -0.3 is 25.0 Å². The summed E-state index contributed by atoms with van der Waals surface area (Å²) in [7, 11) is 0. The van der Waals surface area contributed by atoms with E-state index in [1.807, 2.05) is 57.2 Å². The van der Waals surface area contributed by atoms with Crippen LogP contribution in [0.4, 0.5) is 4.79 Å². The highest BCUT2D eigenvalue weighted by Crippen LogP contribution is 2.35. The Morgan fingerprint density at radius 2 is 1.82 bits per heavy atom. The molecule has 3 N–H and O–H groups in total. The van der Waals surface area contributed by atoms with Crippen molar-refractivity contribution < 1.29 is 20.4 Å². The molecule has 1 fully saturated rings. The van der Waals surface area contributed by atoms with Gasteiger partial charge in [-0.1, -0.05) is 35.6 Å². The van der Waals surface area contributed by atoms with Crippen molar-refractivity contribution >= 4 is 11.9 Å². The SMILES string of the molecule is CC(C)(C)OC(=O)N1CCC(C2OCc3cc(-c4ccc(C(=N)N=NN)cc4)ccc3O2)CC1.[HH]. The molecule has 0 aliphatic carbocycles. The number of rotatable bonds is 3. The molecule has 2 aromatic rings. The average molecular weight is 468 g/mol. The molecule has 2 aliphatic heterocycles. The molecule has 2 aromatic carbocycles. The quantitative estimate of drug-likeness (QED) is 0.213.